The summed E-state index contributed by atoms with van der Waals surface area (Å²) in [6, 6.07) is 15.1. The molecule has 0 fully saturated rings. The molecular weight excluding hydrogens is 226 g/mol. The number of para-hydroxylation sites is 1. The Hall–Kier alpha value is -2.29. The molecule has 0 bridgehead atoms. The average Bonchev–Trinajstić information content (AvgIpc) is 2.41. The first kappa shape index (κ1) is 12.2. The van der Waals surface area contributed by atoms with Gasteiger partial charge >= 0.3 is 0 Å². The monoisotopic (exact) mass is 241 g/mol. The minimum absolute atomic E-state index is 0.150. The minimum Gasteiger partial charge on any atom is -0.481 e. The Morgan fingerprint density at radius 2 is 1.67 bits per heavy atom. The first-order valence-corrected chi connectivity index (χ1v) is 5.67. The van der Waals surface area contributed by atoms with Crippen molar-refractivity contribution in [1.82, 2.24) is 0 Å². The van der Waals surface area contributed by atoms with E-state index < -0.39 is 0 Å². The van der Waals surface area contributed by atoms with E-state index in [2.05, 4.69) is 0 Å². The second kappa shape index (κ2) is 5.36. The quantitative estimate of drug-likeness (QED) is 0.656. The van der Waals surface area contributed by atoms with E-state index in [-0.39, 0.29) is 5.90 Å². The molecule has 0 aliphatic rings. The van der Waals surface area contributed by atoms with Gasteiger partial charge in [-0.3, -0.25) is 5.41 Å². The van der Waals surface area contributed by atoms with E-state index in [4.69, 9.17) is 14.9 Å². The topological polar surface area (TPSA) is 42.3 Å². The van der Waals surface area contributed by atoms with Gasteiger partial charge in [0.25, 0.3) is 0 Å². The molecule has 0 amide bonds. The smallest absolute Gasteiger partial charge is 0.212 e. The highest BCUT2D eigenvalue weighted by Gasteiger charge is 2.03. The highest BCUT2D eigenvalue weighted by molar-refractivity contribution is 5.91. The molecule has 0 aliphatic heterocycles. The Balaban J connectivity index is 2.16. The van der Waals surface area contributed by atoms with Crippen molar-refractivity contribution < 1.29 is 9.47 Å². The maximum absolute atomic E-state index is 7.54. The highest BCUT2D eigenvalue weighted by atomic mass is 16.5. The van der Waals surface area contributed by atoms with E-state index in [1.807, 2.05) is 43.3 Å². The number of hydrogen-bond donors (Lipinski definition) is 1. The maximum atomic E-state index is 7.54. The zero-order valence-corrected chi connectivity index (χ0v) is 10.4. The number of benzene rings is 2. The Morgan fingerprint density at radius 1 is 1.00 bits per heavy atom. The molecule has 0 atom stereocenters. The number of ether oxygens (including phenoxy) is 2. The average molecular weight is 241 g/mol. The van der Waals surface area contributed by atoms with Gasteiger partial charge in [-0.2, -0.15) is 0 Å². The van der Waals surface area contributed by atoms with Gasteiger partial charge in [-0.1, -0.05) is 18.2 Å². The molecule has 0 unspecified atom stereocenters. The van der Waals surface area contributed by atoms with Crippen LogP contribution in [0.1, 0.15) is 11.1 Å². The van der Waals surface area contributed by atoms with E-state index in [9.17, 15) is 0 Å². The molecule has 2 aromatic carbocycles. The summed E-state index contributed by atoms with van der Waals surface area (Å²) in [6.45, 7) is 2.00. The first-order chi connectivity index (χ1) is 8.70. The van der Waals surface area contributed by atoms with Crippen molar-refractivity contribution in [2.45, 2.75) is 6.92 Å². The fraction of sp³-hybridized carbons (Fsp3) is 0.133. The van der Waals surface area contributed by atoms with Crippen LogP contribution in [0, 0.1) is 12.3 Å². The van der Waals surface area contributed by atoms with Crippen LogP contribution in [-0.4, -0.2) is 13.0 Å². The van der Waals surface area contributed by atoms with E-state index in [1.54, 1.807) is 12.1 Å². The van der Waals surface area contributed by atoms with Gasteiger partial charge in [-0.25, -0.2) is 0 Å². The van der Waals surface area contributed by atoms with Crippen LogP contribution in [0.2, 0.25) is 0 Å². The van der Waals surface area contributed by atoms with Gasteiger partial charge in [0.05, 0.1) is 7.11 Å². The number of hydrogen-bond acceptors (Lipinski definition) is 3. The number of rotatable bonds is 3. The summed E-state index contributed by atoms with van der Waals surface area (Å²) in [7, 11) is 1.49. The Bertz CT molecular complexity index is 547. The third-order valence-electron chi connectivity index (χ3n) is 2.64. The molecule has 0 radical (unpaired) electrons. The molecule has 1 N–H and O–H groups in total. The molecule has 3 nitrogen and oxygen atoms in total. The van der Waals surface area contributed by atoms with Crippen LogP contribution in [0.25, 0.3) is 0 Å². The summed E-state index contributed by atoms with van der Waals surface area (Å²) in [5, 5.41) is 7.54. The van der Waals surface area contributed by atoms with Crippen LogP contribution in [0.3, 0.4) is 0 Å². The van der Waals surface area contributed by atoms with Crippen LogP contribution >= 0.6 is 0 Å². The predicted molar refractivity (Wildman–Crippen MR) is 71.5 cm³/mol. The van der Waals surface area contributed by atoms with Crippen molar-refractivity contribution in [3.8, 4) is 11.5 Å². The lowest BCUT2D eigenvalue weighted by atomic mass is 10.2. The van der Waals surface area contributed by atoms with E-state index >= 15 is 0 Å². The standard InChI is InChI=1S/C15H15NO2/c1-11-5-3-4-6-14(11)18-13-9-7-12(8-10-13)15(16)17-2/h3-10,16H,1-2H3. The summed E-state index contributed by atoms with van der Waals surface area (Å²) in [6.07, 6.45) is 0. The van der Waals surface area contributed by atoms with Gasteiger partial charge in [0, 0.05) is 5.56 Å². The molecule has 0 saturated heterocycles. The van der Waals surface area contributed by atoms with Crippen LogP contribution in [0.5, 0.6) is 11.5 Å². The van der Waals surface area contributed by atoms with E-state index in [0.29, 0.717) is 0 Å². The predicted octanol–water partition coefficient (Wildman–Crippen LogP) is 3.76. The highest BCUT2D eigenvalue weighted by Crippen LogP contribution is 2.24. The van der Waals surface area contributed by atoms with E-state index in [1.165, 1.54) is 7.11 Å². The second-order valence-electron chi connectivity index (χ2n) is 3.93. The Labute approximate surface area is 106 Å². The molecule has 2 aromatic rings. The lowest BCUT2D eigenvalue weighted by Gasteiger charge is -2.09. The largest absolute Gasteiger partial charge is 0.481 e. The van der Waals surface area contributed by atoms with Gasteiger partial charge in [0.1, 0.15) is 11.5 Å². The molecule has 0 aromatic heterocycles. The third kappa shape index (κ3) is 2.69. The van der Waals surface area contributed by atoms with Gasteiger partial charge in [0.15, 0.2) is 0 Å². The maximum Gasteiger partial charge on any atom is 0.212 e. The molecule has 0 spiro atoms. The third-order valence-corrected chi connectivity index (χ3v) is 2.64. The van der Waals surface area contributed by atoms with Gasteiger partial charge < -0.3 is 9.47 Å². The van der Waals surface area contributed by atoms with Gasteiger partial charge in [-0.05, 0) is 42.8 Å². The molecule has 2 rings (SSSR count). The Morgan fingerprint density at radius 3 is 2.28 bits per heavy atom. The van der Waals surface area contributed by atoms with Gasteiger partial charge in [0.2, 0.25) is 5.90 Å². The van der Waals surface area contributed by atoms with Crippen molar-refractivity contribution in [2.24, 2.45) is 0 Å². The minimum atomic E-state index is 0.150. The number of methoxy groups -OCH3 is 1. The summed E-state index contributed by atoms with van der Waals surface area (Å²) in [5.74, 6) is 1.74. The van der Waals surface area contributed by atoms with Crippen molar-refractivity contribution in [1.29, 1.82) is 5.41 Å². The molecule has 0 aliphatic carbocycles. The van der Waals surface area contributed by atoms with E-state index in [0.717, 1.165) is 22.6 Å². The fourth-order valence-electron chi connectivity index (χ4n) is 1.59. The van der Waals surface area contributed by atoms with Crippen LogP contribution < -0.4 is 4.74 Å². The van der Waals surface area contributed by atoms with Crippen molar-refractivity contribution in [3.63, 3.8) is 0 Å². The van der Waals surface area contributed by atoms with Crippen molar-refractivity contribution in [2.75, 3.05) is 7.11 Å². The molecular formula is C15H15NO2. The summed E-state index contributed by atoms with van der Waals surface area (Å²) >= 11 is 0. The van der Waals surface area contributed by atoms with Crippen molar-refractivity contribution in [3.05, 3.63) is 59.7 Å². The number of nitrogens with one attached hydrogen (secondary N) is 1. The van der Waals surface area contributed by atoms with Crippen LogP contribution in [0.4, 0.5) is 0 Å². The lowest BCUT2D eigenvalue weighted by molar-refractivity contribution is 0.401. The zero-order chi connectivity index (χ0) is 13.0. The van der Waals surface area contributed by atoms with Crippen LogP contribution in [0.15, 0.2) is 48.5 Å². The Kier molecular flexibility index (Phi) is 3.63. The van der Waals surface area contributed by atoms with Crippen LogP contribution in [-0.2, 0) is 4.74 Å². The van der Waals surface area contributed by atoms with Gasteiger partial charge in [-0.15, -0.1) is 0 Å². The molecule has 0 heterocycles. The fourth-order valence-corrected chi connectivity index (χ4v) is 1.59. The molecule has 0 saturated carbocycles. The molecule has 18 heavy (non-hydrogen) atoms. The zero-order valence-electron chi connectivity index (χ0n) is 10.4. The summed E-state index contributed by atoms with van der Waals surface area (Å²) in [5.41, 5.74) is 1.82. The lowest BCUT2D eigenvalue weighted by Crippen LogP contribution is -2.00. The second-order valence-corrected chi connectivity index (χ2v) is 3.93. The summed E-state index contributed by atoms with van der Waals surface area (Å²) < 4.78 is 10.6. The first-order valence-electron chi connectivity index (χ1n) is 5.67. The van der Waals surface area contributed by atoms with Crippen molar-refractivity contribution >= 4 is 5.90 Å². The number of aryl methyl sites for hydroxylation is 1. The SMILES string of the molecule is COC(=N)c1ccc(Oc2ccccc2C)cc1. The normalized spacial score (nSPS) is 9.89. The summed E-state index contributed by atoms with van der Waals surface area (Å²) in [4.78, 5) is 0. The molecule has 92 valence electrons. The molecule has 3 heteroatoms.